The minimum absolute atomic E-state index is 0.110. The molecule has 0 spiro atoms. The molecular weight excluding hydrogens is 380 g/mol. The van der Waals surface area contributed by atoms with Gasteiger partial charge in [0.15, 0.2) is 6.61 Å². The molecule has 160 valence electrons. The van der Waals surface area contributed by atoms with Crippen LogP contribution in [0.2, 0.25) is 0 Å². The molecule has 2 aromatic carbocycles. The molecule has 30 heavy (non-hydrogen) atoms. The van der Waals surface area contributed by atoms with Crippen LogP contribution in [0.1, 0.15) is 19.3 Å². The molecule has 2 aromatic rings. The van der Waals surface area contributed by atoms with Crippen molar-refractivity contribution in [3.8, 4) is 5.75 Å². The third-order valence-electron chi connectivity index (χ3n) is 5.20. The maximum absolute atomic E-state index is 12.2. The van der Waals surface area contributed by atoms with Crippen LogP contribution >= 0.6 is 0 Å². The summed E-state index contributed by atoms with van der Waals surface area (Å²) in [5, 5.41) is 8.50. The van der Waals surface area contributed by atoms with Gasteiger partial charge in [-0.3, -0.25) is 4.79 Å². The highest BCUT2D eigenvalue weighted by Gasteiger charge is 2.16. The molecule has 0 atom stereocenters. The Kier molecular flexibility index (Phi) is 8.09. The quantitative estimate of drug-likeness (QED) is 0.621. The van der Waals surface area contributed by atoms with Gasteiger partial charge in [-0.1, -0.05) is 24.3 Å². The van der Waals surface area contributed by atoms with Crippen molar-refractivity contribution in [3.05, 3.63) is 54.6 Å². The van der Waals surface area contributed by atoms with Gasteiger partial charge in [-0.15, -0.1) is 0 Å². The number of para-hydroxylation sites is 1. The van der Waals surface area contributed by atoms with Crippen LogP contribution in [0.25, 0.3) is 0 Å². The standard InChI is InChI=1S/C23H30N4O3/c1-27-14-11-18(12-15-27)10-13-24-23(29)26-20-8-5-9-21(16-20)30-17-22(28)25-19-6-3-2-4-7-19/h2-9,16,18H,10-15,17H2,1H3,(H,25,28)(H2,24,26,29). The van der Waals surface area contributed by atoms with Crippen LogP contribution in [0, 0.1) is 5.92 Å². The molecule has 1 aliphatic rings. The molecule has 1 heterocycles. The number of rotatable bonds is 8. The Hall–Kier alpha value is -3.06. The molecule has 0 bridgehead atoms. The minimum Gasteiger partial charge on any atom is -0.484 e. The van der Waals surface area contributed by atoms with Gasteiger partial charge in [0.2, 0.25) is 0 Å². The van der Waals surface area contributed by atoms with Crippen LogP contribution in [-0.4, -0.2) is 50.1 Å². The molecule has 0 saturated carbocycles. The predicted octanol–water partition coefficient (Wildman–Crippen LogP) is 3.56. The second-order valence-corrected chi connectivity index (χ2v) is 7.65. The number of nitrogens with one attached hydrogen (secondary N) is 3. The van der Waals surface area contributed by atoms with Crippen molar-refractivity contribution in [2.45, 2.75) is 19.3 Å². The van der Waals surface area contributed by atoms with E-state index < -0.39 is 0 Å². The molecule has 1 fully saturated rings. The SMILES string of the molecule is CN1CCC(CCNC(=O)Nc2cccc(OCC(=O)Nc3ccccc3)c2)CC1. The van der Waals surface area contributed by atoms with E-state index in [-0.39, 0.29) is 18.5 Å². The number of carbonyl (C=O) groups excluding carboxylic acids is 2. The fourth-order valence-corrected chi connectivity index (χ4v) is 3.45. The van der Waals surface area contributed by atoms with E-state index in [1.54, 1.807) is 24.3 Å². The van der Waals surface area contributed by atoms with E-state index in [9.17, 15) is 9.59 Å². The Morgan fingerprint density at radius 3 is 2.50 bits per heavy atom. The lowest BCUT2D eigenvalue weighted by Crippen LogP contribution is -2.34. The van der Waals surface area contributed by atoms with E-state index in [0.29, 0.717) is 23.9 Å². The number of benzene rings is 2. The molecule has 1 aliphatic heterocycles. The van der Waals surface area contributed by atoms with Crippen LogP contribution in [0.5, 0.6) is 5.75 Å². The highest BCUT2D eigenvalue weighted by molar-refractivity contribution is 5.92. The zero-order valence-electron chi connectivity index (χ0n) is 17.4. The monoisotopic (exact) mass is 410 g/mol. The number of hydrogen-bond donors (Lipinski definition) is 3. The number of ether oxygens (including phenoxy) is 1. The van der Waals surface area contributed by atoms with Crippen molar-refractivity contribution < 1.29 is 14.3 Å². The minimum atomic E-state index is -0.244. The molecule has 0 aliphatic carbocycles. The van der Waals surface area contributed by atoms with Crippen molar-refractivity contribution in [1.29, 1.82) is 0 Å². The van der Waals surface area contributed by atoms with E-state index >= 15 is 0 Å². The molecule has 3 N–H and O–H groups in total. The average molecular weight is 411 g/mol. The number of likely N-dealkylation sites (tertiary alicyclic amines) is 1. The number of nitrogens with zero attached hydrogens (tertiary/aromatic N) is 1. The largest absolute Gasteiger partial charge is 0.484 e. The maximum Gasteiger partial charge on any atom is 0.319 e. The summed E-state index contributed by atoms with van der Waals surface area (Å²) in [7, 11) is 2.15. The van der Waals surface area contributed by atoms with E-state index in [4.69, 9.17) is 4.74 Å². The van der Waals surface area contributed by atoms with Gasteiger partial charge >= 0.3 is 6.03 Å². The van der Waals surface area contributed by atoms with Crippen LogP contribution in [-0.2, 0) is 4.79 Å². The molecule has 3 amide bonds. The Labute approximate surface area is 177 Å². The summed E-state index contributed by atoms with van der Waals surface area (Å²) in [6, 6.07) is 16.0. The van der Waals surface area contributed by atoms with Crippen molar-refractivity contribution >= 4 is 23.3 Å². The van der Waals surface area contributed by atoms with Gasteiger partial charge in [-0.2, -0.15) is 0 Å². The first-order valence-corrected chi connectivity index (χ1v) is 10.4. The Bertz CT molecular complexity index is 820. The number of anilines is 2. The summed E-state index contributed by atoms with van der Waals surface area (Å²) in [4.78, 5) is 26.5. The zero-order chi connectivity index (χ0) is 21.2. The first-order valence-electron chi connectivity index (χ1n) is 10.4. The van der Waals surface area contributed by atoms with Gasteiger partial charge in [0, 0.05) is 24.0 Å². The highest BCUT2D eigenvalue weighted by atomic mass is 16.5. The number of amides is 3. The fourth-order valence-electron chi connectivity index (χ4n) is 3.45. The van der Waals surface area contributed by atoms with Gasteiger partial charge in [0.1, 0.15) is 5.75 Å². The van der Waals surface area contributed by atoms with Gasteiger partial charge < -0.3 is 25.6 Å². The van der Waals surface area contributed by atoms with Crippen LogP contribution in [0.4, 0.5) is 16.2 Å². The van der Waals surface area contributed by atoms with Crippen molar-refractivity contribution in [2.24, 2.45) is 5.92 Å². The maximum atomic E-state index is 12.2. The third-order valence-corrected chi connectivity index (χ3v) is 5.20. The lowest BCUT2D eigenvalue weighted by atomic mass is 9.94. The topological polar surface area (TPSA) is 82.7 Å². The molecule has 3 rings (SSSR count). The Morgan fingerprint density at radius 2 is 1.73 bits per heavy atom. The van der Waals surface area contributed by atoms with Gasteiger partial charge in [0.05, 0.1) is 0 Å². The molecule has 0 radical (unpaired) electrons. The molecule has 0 unspecified atom stereocenters. The highest BCUT2D eigenvalue weighted by Crippen LogP contribution is 2.19. The average Bonchev–Trinajstić information content (AvgIpc) is 2.75. The van der Waals surface area contributed by atoms with E-state index in [1.807, 2.05) is 30.3 Å². The summed E-state index contributed by atoms with van der Waals surface area (Å²) in [6.07, 6.45) is 3.38. The number of carbonyl (C=O) groups is 2. The Balaban J connectivity index is 1.38. The lowest BCUT2D eigenvalue weighted by Gasteiger charge is -2.28. The first-order chi connectivity index (χ1) is 14.6. The summed E-state index contributed by atoms with van der Waals surface area (Å²) >= 11 is 0. The molecule has 7 heteroatoms. The van der Waals surface area contributed by atoms with Crippen LogP contribution in [0.15, 0.2) is 54.6 Å². The summed E-state index contributed by atoms with van der Waals surface area (Å²) < 4.78 is 5.54. The van der Waals surface area contributed by atoms with Crippen molar-refractivity contribution in [3.63, 3.8) is 0 Å². The van der Waals surface area contributed by atoms with Gasteiger partial charge in [0.25, 0.3) is 5.91 Å². The summed E-state index contributed by atoms with van der Waals surface area (Å²) in [6.45, 7) is 2.82. The molecule has 0 aromatic heterocycles. The van der Waals surface area contributed by atoms with Crippen molar-refractivity contribution in [1.82, 2.24) is 10.2 Å². The number of urea groups is 1. The van der Waals surface area contributed by atoms with E-state index in [1.165, 1.54) is 12.8 Å². The normalized spacial score (nSPS) is 14.7. The number of hydrogen-bond acceptors (Lipinski definition) is 4. The van der Waals surface area contributed by atoms with Gasteiger partial charge in [-0.05, 0) is 69.6 Å². The zero-order valence-corrected chi connectivity index (χ0v) is 17.4. The fraction of sp³-hybridized carbons (Fsp3) is 0.391. The van der Waals surface area contributed by atoms with Crippen LogP contribution < -0.4 is 20.7 Å². The molecular formula is C23H30N4O3. The van der Waals surface area contributed by atoms with Gasteiger partial charge in [-0.25, -0.2) is 4.79 Å². The van der Waals surface area contributed by atoms with Crippen LogP contribution in [0.3, 0.4) is 0 Å². The van der Waals surface area contributed by atoms with E-state index in [2.05, 4.69) is 27.9 Å². The number of piperidine rings is 1. The summed E-state index contributed by atoms with van der Waals surface area (Å²) in [5.41, 5.74) is 1.34. The predicted molar refractivity (Wildman–Crippen MR) is 119 cm³/mol. The second kappa shape index (κ2) is 11.2. The van der Waals surface area contributed by atoms with Crippen molar-refractivity contribution in [2.75, 3.05) is 43.9 Å². The molecule has 1 saturated heterocycles. The Morgan fingerprint density at radius 1 is 1.00 bits per heavy atom. The lowest BCUT2D eigenvalue weighted by molar-refractivity contribution is -0.118. The summed E-state index contributed by atoms with van der Waals surface area (Å²) in [5.74, 6) is 0.953. The second-order valence-electron chi connectivity index (χ2n) is 7.65. The third kappa shape index (κ3) is 7.40. The molecule has 7 nitrogen and oxygen atoms in total. The first kappa shape index (κ1) is 21.6. The van der Waals surface area contributed by atoms with E-state index in [0.717, 1.165) is 25.2 Å². The smallest absolute Gasteiger partial charge is 0.319 e.